The van der Waals surface area contributed by atoms with Crippen molar-refractivity contribution in [1.82, 2.24) is 20.2 Å². The van der Waals surface area contributed by atoms with Gasteiger partial charge < -0.3 is 9.84 Å². The van der Waals surface area contributed by atoms with Crippen LogP contribution in [0.15, 0.2) is 36.7 Å². The van der Waals surface area contributed by atoms with Crippen molar-refractivity contribution in [3.05, 3.63) is 70.6 Å². The molecule has 1 N–H and O–H groups in total. The maximum atomic E-state index is 11.3. The first-order chi connectivity index (χ1) is 15.6. The minimum absolute atomic E-state index is 0.0282. The average molecular weight is 450 g/mol. The normalized spacial score (nSPS) is 9.94. The molecule has 0 spiro atoms. The topological polar surface area (TPSA) is 149 Å². The van der Waals surface area contributed by atoms with E-state index >= 15 is 0 Å². The van der Waals surface area contributed by atoms with Crippen molar-refractivity contribution in [3.8, 4) is 11.1 Å². The van der Waals surface area contributed by atoms with Gasteiger partial charge in [0.05, 0.1) is 47.2 Å². The second kappa shape index (κ2) is 11.3. The lowest BCUT2D eigenvalue weighted by atomic mass is 10.0. The summed E-state index contributed by atoms with van der Waals surface area (Å²) in [4.78, 5) is 51.8. The van der Waals surface area contributed by atoms with E-state index < -0.39 is 17.9 Å². The molecule has 1 aromatic carbocycles. The third-order valence-electron chi connectivity index (χ3n) is 4.48. The Balaban J connectivity index is 0.000000234. The molecule has 0 fully saturated rings. The van der Waals surface area contributed by atoms with Gasteiger partial charge in [0.15, 0.2) is 6.29 Å². The first-order valence-electron chi connectivity index (χ1n) is 9.74. The molecule has 170 valence electrons. The molecular formula is C23H22N4O6. The number of carboxylic acid groups (broad SMARTS) is 1. The van der Waals surface area contributed by atoms with E-state index in [-0.39, 0.29) is 12.0 Å². The Morgan fingerprint density at radius 2 is 1.55 bits per heavy atom. The maximum absolute atomic E-state index is 11.3. The molecule has 0 amide bonds. The predicted molar refractivity (Wildman–Crippen MR) is 117 cm³/mol. The summed E-state index contributed by atoms with van der Waals surface area (Å²) >= 11 is 0. The van der Waals surface area contributed by atoms with Crippen LogP contribution >= 0.6 is 0 Å². The molecule has 0 atom stereocenters. The number of esters is 2. The average Bonchev–Trinajstić information content (AvgIpc) is 2.77. The highest BCUT2D eigenvalue weighted by atomic mass is 16.6. The molecule has 0 bridgehead atoms. The lowest BCUT2D eigenvalue weighted by Gasteiger charge is -2.06. The number of carbonyl (C=O) groups is 4. The van der Waals surface area contributed by atoms with E-state index in [2.05, 4.69) is 24.9 Å². The molecule has 3 rings (SSSR count). The van der Waals surface area contributed by atoms with Gasteiger partial charge in [0.25, 0.3) is 0 Å². The standard InChI is InChI=1S/C12H8N2O3.C11H14N2O3/c15-7-10-5-13-14-6-11(10)8-1-3-9(4-2-8)12(16)17;1-6-7(2)13-10(8(3)12-6)5-11(15)16-9(4)14/h1-7H,(H,16,17);5H2,1-4H3. The van der Waals surface area contributed by atoms with Crippen molar-refractivity contribution in [2.24, 2.45) is 0 Å². The number of nitrogens with zero attached hydrogens (tertiary/aromatic N) is 4. The van der Waals surface area contributed by atoms with Crippen molar-refractivity contribution in [2.45, 2.75) is 34.1 Å². The Morgan fingerprint density at radius 3 is 2.12 bits per heavy atom. The summed E-state index contributed by atoms with van der Waals surface area (Å²) in [6.45, 7) is 6.64. The summed E-state index contributed by atoms with van der Waals surface area (Å²) in [6.07, 6.45) is 3.50. The number of aldehydes is 1. The summed E-state index contributed by atoms with van der Waals surface area (Å²) < 4.78 is 4.43. The van der Waals surface area contributed by atoms with Gasteiger partial charge in [-0.25, -0.2) is 4.79 Å². The highest BCUT2D eigenvalue weighted by Crippen LogP contribution is 2.21. The summed E-state index contributed by atoms with van der Waals surface area (Å²) in [5.74, 6) is -2.20. The first-order valence-corrected chi connectivity index (χ1v) is 9.74. The van der Waals surface area contributed by atoms with E-state index in [9.17, 15) is 19.2 Å². The molecule has 2 heterocycles. The Bertz CT molecular complexity index is 1190. The number of aromatic nitrogens is 4. The number of rotatable bonds is 5. The smallest absolute Gasteiger partial charge is 0.335 e. The quantitative estimate of drug-likeness (QED) is 0.349. The van der Waals surface area contributed by atoms with Crippen LogP contribution in [0, 0.1) is 20.8 Å². The van der Waals surface area contributed by atoms with E-state index in [1.54, 1.807) is 19.1 Å². The Morgan fingerprint density at radius 1 is 0.939 bits per heavy atom. The van der Waals surface area contributed by atoms with Crippen LogP contribution in [0.2, 0.25) is 0 Å². The van der Waals surface area contributed by atoms with Crippen LogP contribution in [0.25, 0.3) is 11.1 Å². The number of ether oxygens (including phenoxy) is 1. The van der Waals surface area contributed by atoms with Crippen LogP contribution in [0.5, 0.6) is 0 Å². The van der Waals surface area contributed by atoms with Crippen LogP contribution in [-0.4, -0.2) is 49.5 Å². The predicted octanol–water partition coefficient (Wildman–Crippen LogP) is 2.69. The minimum atomic E-state index is -0.986. The van der Waals surface area contributed by atoms with Gasteiger partial charge >= 0.3 is 17.9 Å². The summed E-state index contributed by atoms with van der Waals surface area (Å²) in [5.41, 5.74) is 4.82. The van der Waals surface area contributed by atoms with Crippen LogP contribution in [0.4, 0.5) is 0 Å². The fourth-order valence-electron chi connectivity index (χ4n) is 2.72. The van der Waals surface area contributed by atoms with Gasteiger partial charge in [-0.1, -0.05) is 12.1 Å². The molecule has 0 radical (unpaired) electrons. The summed E-state index contributed by atoms with van der Waals surface area (Å²) in [7, 11) is 0. The second-order valence-electron chi connectivity index (χ2n) is 6.93. The molecule has 0 aliphatic heterocycles. The first kappa shape index (κ1) is 24.9. The number of carbonyl (C=O) groups excluding carboxylic acids is 3. The van der Waals surface area contributed by atoms with Gasteiger partial charge in [-0.2, -0.15) is 10.2 Å². The van der Waals surface area contributed by atoms with E-state index in [0.29, 0.717) is 28.8 Å². The van der Waals surface area contributed by atoms with Crippen molar-refractivity contribution in [2.75, 3.05) is 0 Å². The largest absolute Gasteiger partial charge is 0.478 e. The molecule has 10 nitrogen and oxygen atoms in total. The van der Waals surface area contributed by atoms with Crippen LogP contribution in [0.1, 0.15) is 50.4 Å². The number of hydrogen-bond donors (Lipinski definition) is 1. The zero-order valence-corrected chi connectivity index (χ0v) is 18.5. The van der Waals surface area contributed by atoms with Crippen LogP contribution < -0.4 is 0 Å². The molecule has 10 heteroatoms. The molecule has 0 aliphatic carbocycles. The molecule has 0 saturated heterocycles. The lowest BCUT2D eigenvalue weighted by molar-refractivity contribution is -0.157. The molecule has 33 heavy (non-hydrogen) atoms. The van der Waals surface area contributed by atoms with E-state index in [1.165, 1.54) is 31.5 Å². The van der Waals surface area contributed by atoms with Gasteiger partial charge in [0, 0.05) is 18.1 Å². The van der Waals surface area contributed by atoms with Crippen molar-refractivity contribution in [1.29, 1.82) is 0 Å². The molecule has 0 aliphatic rings. The van der Waals surface area contributed by atoms with Crippen LogP contribution in [-0.2, 0) is 20.7 Å². The van der Waals surface area contributed by atoms with Gasteiger partial charge in [-0.05, 0) is 38.5 Å². The third-order valence-corrected chi connectivity index (χ3v) is 4.48. The molecular weight excluding hydrogens is 428 g/mol. The van der Waals surface area contributed by atoms with Gasteiger partial charge in [0.2, 0.25) is 0 Å². The second-order valence-corrected chi connectivity index (χ2v) is 6.93. The number of benzene rings is 1. The van der Waals surface area contributed by atoms with Crippen molar-refractivity contribution in [3.63, 3.8) is 0 Å². The molecule has 3 aromatic rings. The van der Waals surface area contributed by atoms with E-state index in [4.69, 9.17) is 5.11 Å². The minimum Gasteiger partial charge on any atom is -0.478 e. The van der Waals surface area contributed by atoms with Crippen molar-refractivity contribution < 1.29 is 29.0 Å². The molecule has 0 saturated carbocycles. The number of hydrogen-bond acceptors (Lipinski definition) is 9. The van der Waals surface area contributed by atoms with Gasteiger partial charge in [-0.3, -0.25) is 24.4 Å². The van der Waals surface area contributed by atoms with Crippen LogP contribution in [0.3, 0.4) is 0 Å². The molecule has 2 aromatic heterocycles. The Kier molecular flexibility index (Phi) is 8.56. The monoisotopic (exact) mass is 450 g/mol. The fraction of sp³-hybridized carbons (Fsp3) is 0.217. The lowest BCUT2D eigenvalue weighted by Crippen LogP contribution is -2.14. The maximum Gasteiger partial charge on any atom is 0.335 e. The highest BCUT2D eigenvalue weighted by Gasteiger charge is 2.13. The fourth-order valence-corrected chi connectivity index (χ4v) is 2.72. The van der Waals surface area contributed by atoms with Crippen molar-refractivity contribution >= 4 is 24.2 Å². The number of aryl methyl sites for hydroxylation is 3. The van der Waals surface area contributed by atoms with E-state index in [1.807, 2.05) is 13.8 Å². The van der Waals surface area contributed by atoms with E-state index in [0.717, 1.165) is 17.0 Å². The van der Waals surface area contributed by atoms with Gasteiger partial charge in [-0.15, -0.1) is 0 Å². The number of carboxylic acids is 1. The molecule has 0 unspecified atom stereocenters. The third kappa shape index (κ3) is 7.10. The SMILES string of the molecule is CC(=O)OC(=O)Cc1nc(C)c(C)nc1C.O=Cc1cnncc1-c1ccc(C(=O)O)cc1. The Labute approximate surface area is 189 Å². The summed E-state index contributed by atoms with van der Waals surface area (Å²) in [6, 6.07) is 6.22. The zero-order chi connectivity index (χ0) is 24.5. The van der Waals surface area contributed by atoms with Gasteiger partial charge in [0.1, 0.15) is 0 Å². The number of aromatic carboxylic acids is 1. The summed E-state index contributed by atoms with van der Waals surface area (Å²) in [5, 5.41) is 16.1. The highest BCUT2D eigenvalue weighted by molar-refractivity contribution is 5.90. The Hall–Kier alpha value is -4.34. The zero-order valence-electron chi connectivity index (χ0n) is 18.5.